The number of rotatable bonds is 2. The van der Waals surface area contributed by atoms with Crippen molar-refractivity contribution in [3.05, 3.63) is 0 Å². The number of halogens is 1. The number of aliphatic imine (C=N–C) groups is 1. The minimum absolute atomic E-state index is 0.380. The summed E-state index contributed by atoms with van der Waals surface area (Å²) in [7, 11) is 0. The third-order valence-corrected chi connectivity index (χ3v) is 0.430. The fourth-order valence-electron chi connectivity index (χ4n) is 0.0879. The summed E-state index contributed by atoms with van der Waals surface area (Å²) in [6.07, 6.45) is 1.36. The predicted molar refractivity (Wildman–Crippen MR) is 23.4 cm³/mol. The lowest BCUT2D eigenvalue weighted by Gasteiger charge is -1.55. The van der Waals surface area contributed by atoms with Crippen molar-refractivity contribution in [1.82, 2.24) is 4.99 Å². The average molecular weight is 106 g/mol. The first-order chi connectivity index (χ1) is 2.91. The summed E-state index contributed by atoms with van der Waals surface area (Å²) in [5.74, 6) is 0.398. The van der Waals surface area contributed by atoms with Crippen molar-refractivity contribution in [2.45, 2.75) is 0 Å². The van der Waals surface area contributed by atoms with Crippen molar-refractivity contribution >= 4 is 17.7 Å². The molecule has 33 valence electrons. The summed E-state index contributed by atoms with van der Waals surface area (Å²) < 4.78 is 0. The Balaban J connectivity index is 2.86. The lowest BCUT2D eigenvalue weighted by Crippen LogP contribution is -1.91. The maximum Gasteiger partial charge on any atom is 0.496 e. The molecule has 0 aromatic carbocycles. The van der Waals surface area contributed by atoms with Crippen molar-refractivity contribution in [3.8, 4) is 0 Å². The van der Waals surface area contributed by atoms with Gasteiger partial charge >= 0.3 is 6.08 Å². The molecule has 0 saturated heterocycles. The Labute approximate surface area is 40.8 Å². The van der Waals surface area contributed by atoms with Gasteiger partial charge in [0.1, 0.15) is 4.99 Å². The van der Waals surface area contributed by atoms with Crippen LogP contribution < -0.4 is 4.99 Å². The SMILES string of the molecule is O=C=[N+]CCCl. The van der Waals surface area contributed by atoms with Gasteiger partial charge in [0, 0.05) is 0 Å². The third-order valence-electron chi connectivity index (χ3n) is 0.261. The number of hydrogen-bond acceptors (Lipinski definition) is 2. The second-order valence-corrected chi connectivity index (χ2v) is 1.04. The zero-order chi connectivity index (χ0) is 4.83. The van der Waals surface area contributed by atoms with Crippen LogP contribution in [-0.2, 0) is 4.79 Å². The topological polar surface area (TPSA) is 31.2 Å². The van der Waals surface area contributed by atoms with Gasteiger partial charge < -0.3 is 0 Å². The highest BCUT2D eigenvalue weighted by atomic mass is 35.5. The van der Waals surface area contributed by atoms with Crippen molar-refractivity contribution in [2.24, 2.45) is 0 Å². The Morgan fingerprint density at radius 1 is 1.83 bits per heavy atom. The van der Waals surface area contributed by atoms with Crippen LogP contribution in [0, 0.1) is 0 Å². The van der Waals surface area contributed by atoms with Gasteiger partial charge in [0.2, 0.25) is 6.54 Å². The Morgan fingerprint density at radius 2 is 2.50 bits per heavy atom. The van der Waals surface area contributed by atoms with E-state index in [2.05, 4.69) is 4.99 Å². The van der Waals surface area contributed by atoms with E-state index < -0.39 is 0 Å². The lowest BCUT2D eigenvalue weighted by molar-refractivity contribution is 0.560. The van der Waals surface area contributed by atoms with Gasteiger partial charge in [-0.1, -0.05) is 0 Å². The molecular weight excluding hydrogens is 101 g/mol. The predicted octanol–water partition coefficient (Wildman–Crippen LogP) is -0.103. The molecular formula is C3H4ClNO+. The molecule has 0 bridgehead atoms. The number of alkyl halides is 1. The molecule has 0 aromatic heterocycles. The Kier molecular flexibility index (Phi) is 4.41. The summed E-state index contributed by atoms with van der Waals surface area (Å²) in [4.78, 5) is 12.4. The Bertz CT molecular complexity index is 67.2. The highest BCUT2D eigenvalue weighted by Gasteiger charge is 1.84. The zero-order valence-corrected chi connectivity index (χ0v) is 3.90. The average Bonchev–Trinajstić information content (AvgIpc) is 1.61. The third kappa shape index (κ3) is 3.67. The summed E-state index contributed by atoms with van der Waals surface area (Å²) >= 11 is 5.11. The van der Waals surface area contributed by atoms with Crippen LogP contribution in [0.15, 0.2) is 0 Å². The fraction of sp³-hybridized carbons (Fsp3) is 0.667. The molecule has 0 heterocycles. The highest BCUT2D eigenvalue weighted by Crippen LogP contribution is 1.64. The van der Waals surface area contributed by atoms with Gasteiger partial charge in [0.25, 0.3) is 0 Å². The quantitative estimate of drug-likeness (QED) is 0.274. The maximum absolute atomic E-state index is 9.21. The van der Waals surface area contributed by atoms with Gasteiger partial charge in [-0.15, -0.1) is 11.6 Å². The molecule has 0 rings (SSSR count). The largest absolute Gasteiger partial charge is 0.496 e. The minimum Gasteiger partial charge on any atom is -0.154 e. The van der Waals surface area contributed by atoms with Crippen molar-refractivity contribution in [1.29, 1.82) is 0 Å². The molecule has 0 aliphatic carbocycles. The van der Waals surface area contributed by atoms with E-state index in [0.717, 1.165) is 0 Å². The lowest BCUT2D eigenvalue weighted by atomic mass is 10.8. The molecule has 0 fully saturated rings. The summed E-state index contributed by atoms with van der Waals surface area (Å²) in [6, 6.07) is 0. The summed E-state index contributed by atoms with van der Waals surface area (Å²) in [6.45, 7) is 0.380. The molecule has 3 heteroatoms. The van der Waals surface area contributed by atoms with Crippen molar-refractivity contribution in [3.63, 3.8) is 0 Å². The molecule has 0 aliphatic rings. The molecule has 6 heavy (non-hydrogen) atoms. The van der Waals surface area contributed by atoms with Gasteiger partial charge in [0.05, 0.1) is 5.88 Å². The normalized spacial score (nSPS) is 6.83. The van der Waals surface area contributed by atoms with Crippen LogP contribution in [0.2, 0.25) is 0 Å². The number of isocyanates is 1. The van der Waals surface area contributed by atoms with Crippen molar-refractivity contribution in [2.75, 3.05) is 12.4 Å². The monoisotopic (exact) mass is 105 g/mol. The molecule has 0 amide bonds. The number of nitrogens with zero attached hydrogens (tertiary/aromatic N) is 1. The molecule has 0 atom stereocenters. The zero-order valence-electron chi connectivity index (χ0n) is 3.15. The maximum atomic E-state index is 9.21. The Hall–Kier alpha value is -0.330. The van der Waals surface area contributed by atoms with Gasteiger partial charge in [0.15, 0.2) is 0 Å². The smallest absolute Gasteiger partial charge is 0.154 e. The van der Waals surface area contributed by atoms with Gasteiger partial charge in [-0.2, -0.15) is 4.79 Å². The minimum atomic E-state index is 0.380. The van der Waals surface area contributed by atoms with Crippen LogP contribution in [-0.4, -0.2) is 18.5 Å². The standard InChI is InChI=1S/C3H4ClNO/c4-1-2-5-3-6/h1-2H2/q+1. The fourth-order valence-corrected chi connectivity index (χ4v) is 0.172. The summed E-state index contributed by atoms with van der Waals surface area (Å²) in [5, 5.41) is 0. The van der Waals surface area contributed by atoms with Crippen LogP contribution in [0.5, 0.6) is 0 Å². The van der Waals surface area contributed by atoms with Crippen LogP contribution in [0.3, 0.4) is 0 Å². The first-order valence-electron chi connectivity index (χ1n) is 1.51. The second-order valence-electron chi connectivity index (χ2n) is 0.662. The van der Waals surface area contributed by atoms with Crippen LogP contribution in [0.25, 0.3) is 0 Å². The first kappa shape index (κ1) is 5.67. The van der Waals surface area contributed by atoms with E-state index in [0.29, 0.717) is 12.4 Å². The van der Waals surface area contributed by atoms with E-state index >= 15 is 0 Å². The van der Waals surface area contributed by atoms with E-state index in [1.165, 1.54) is 6.08 Å². The molecule has 1 radical (unpaired) electrons. The van der Waals surface area contributed by atoms with E-state index in [9.17, 15) is 4.79 Å². The van der Waals surface area contributed by atoms with Crippen LogP contribution >= 0.6 is 11.6 Å². The van der Waals surface area contributed by atoms with E-state index in [-0.39, 0.29) is 0 Å². The van der Waals surface area contributed by atoms with Gasteiger partial charge in [-0.25, -0.2) is 0 Å². The van der Waals surface area contributed by atoms with E-state index in [4.69, 9.17) is 11.6 Å². The number of carbonyl (C=O) groups excluding carboxylic acids is 1. The molecule has 0 spiro atoms. The van der Waals surface area contributed by atoms with Crippen LogP contribution in [0.1, 0.15) is 0 Å². The van der Waals surface area contributed by atoms with Crippen molar-refractivity contribution < 1.29 is 4.79 Å². The number of hydrogen-bond donors (Lipinski definition) is 0. The molecule has 0 aliphatic heterocycles. The highest BCUT2D eigenvalue weighted by molar-refractivity contribution is 6.18. The molecule has 0 N–H and O–H groups in total. The Morgan fingerprint density at radius 3 is 2.67 bits per heavy atom. The molecule has 0 saturated carbocycles. The first-order valence-corrected chi connectivity index (χ1v) is 2.05. The van der Waals surface area contributed by atoms with Gasteiger partial charge in [-0.05, 0) is 0 Å². The van der Waals surface area contributed by atoms with Crippen LogP contribution in [0.4, 0.5) is 0 Å². The molecule has 2 nitrogen and oxygen atoms in total. The molecule has 0 unspecified atom stereocenters. The molecule has 0 aromatic rings. The van der Waals surface area contributed by atoms with E-state index in [1.54, 1.807) is 0 Å². The van der Waals surface area contributed by atoms with E-state index in [1.807, 2.05) is 0 Å². The summed E-state index contributed by atoms with van der Waals surface area (Å²) in [5.41, 5.74) is 0. The van der Waals surface area contributed by atoms with Gasteiger partial charge in [-0.3, -0.25) is 0 Å². The second kappa shape index (κ2) is 4.67.